The molecule has 0 aliphatic heterocycles. The molecule has 0 atom stereocenters. The third-order valence-corrected chi connectivity index (χ3v) is 2.45. The summed E-state index contributed by atoms with van der Waals surface area (Å²) in [5.41, 5.74) is 9.31. The first-order chi connectivity index (χ1) is 8.02. The molecule has 0 aliphatic carbocycles. The molecule has 88 valence electrons. The van der Waals surface area contributed by atoms with Crippen LogP contribution in [0.25, 0.3) is 0 Å². The van der Waals surface area contributed by atoms with E-state index in [0.717, 1.165) is 5.82 Å². The second-order valence-electron chi connectivity index (χ2n) is 4.33. The average molecular weight is 228 g/mol. The van der Waals surface area contributed by atoms with E-state index in [2.05, 4.69) is 47.0 Å². The van der Waals surface area contributed by atoms with Crippen molar-refractivity contribution in [2.45, 2.75) is 27.2 Å². The molecule has 0 saturated heterocycles. The van der Waals surface area contributed by atoms with Crippen LogP contribution in [0.5, 0.6) is 0 Å². The molecule has 2 aromatic rings. The van der Waals surface area contributed by atoms with Crippen LogP contribution in [0.4, 0.5) is 5.95 Å². The van der Waals surface area contributed by atoms with Gasteiger partial charge in [-0.2, -0.15) is 9.97 Å². The Morgan fingerprint density at radius 1 is 0.941 bits per heavy atom. The fourth-order valence-corrected chi connectivity index (χ4v) is 1.99. The molecule has 1 heterocycles. The van der Waals surface area contributed by atoms with Crippen molar-refractivity contribution in [2.75, 3.05) is 5.73 Å². The van der Waals surface area contributed by atoms with E-state index in [-0.39, 0.29) is 5.95 Å². The smallest absolute Gasteiger partial charge is 0.223 e. The Balaban J connectivity index is 2.31. The van der Waals surface area contributed by atoms with E-state index in [1.165, 1.54) is 16.7 Å². The highest BCUT2D eigenvalue weighted by molar-refractivity contribution is 5.30. The van der Waals surface area contributed by atoms with Gasteiger partial charge in [0.25, 0.3) is 0 Å². The number of nitrogen functional groups attached to an aromatic ring is 1. The lowest BCUT2D eigenvalue weighted by molar-refractivity contribution is 0.889. The number of aryl methyl sites for hydroxylation is 3. The van der Waals surface area contributed by atoms with Crippen LogP contribution in [0, 0.1) is 20.8 Å². The number of rotatable bonds is 2. The molecule has 0 fully saturated rings. The van der Waals surface area contributed by atoms with Crippen LogP contribution in [0.1, 0.15) is 28.3 Å². The largest absolute Gasteiger partial charge is 0.368 e. The van der Waals surface area contributed by atoms with Crippen molar-refractivity contribution in [2.24, 2.45) is 0 Å². The molecular weight excluding hydrogens is 212 g/mol. The number of hydrogen-bond donors (Lipinski definition) is 1. The molecule has 0 aliphatic rings. The van der Waals surface area contributed by atoms with Crippen molar-refractivity contribution in [1.82, 2.24) is 15.0 Å². The molecule has 2 rings (SSSR count). The van der Waals surface area contributed by atoms with Gasteiger partial charge in [-0.25, -0.2) is 4.98 Å². The minimum absolute atomic E-state index is 0.289. The van der Waals surface area contributed by atoms with Crippen molar-refractivity contribution in [1.29, 1.82) is 0 Å². The fourth-order valence-electron chi connectivity index (χ4n) is 1.99. The first kappa shape index (κ1) is 11.5. The van der Waals surface area contributed by atoms with E-state index in [4.69, 9.17) is 5.73 Å². The van der Waals surface area contributed by atoms with Gasteiger partial charge in [0.15, 0.2) is 0 Å². The zero-order chi connectivity index (χ0) is 12.4. The highest BCUT2D eigenvalue weighted by Gasteiger charge is 2.04. The van der Waals surface area contributed by atoms with Crippen LogP contribution in [-0.2, 0) is 6.42 Å². The summed E-state index contributed by atoms with van der Waals surface area (Å²) in [6, 6.07) is 6.43. The third kappa shape index (κ3) is 3.00. The Morgan fingerprint density at radius 3 is 2.18 bits per heavy atom. The summed E-state index contributed by atoms with van der Waals surface area (Å²) in [5.74, 6) is 1.67. The monoisotopic (exact) mass is 228 g/mol. The second-order valence-corrected chi connectivity index (χ2v) is 4.33. The van der Waals surface area contributed by atoms with Crippen LogP contribution in [0.2, 0.25) is 0 Å². The van der Waals surface area contributed by atoms with Crippen LogP contribution in [0.3, 0.4) is 0 Å². The van der Waals surface area contributed by atoms with Crippen LogP contribution < -0.4 is 5.73 Å². The fraction of sp³-hybridized carbons (Fsp3) is 0.308. The van der Waals surface area contributed by atoms with E-state index < -0.39 is 0 Å². The van der Waals surface area contributed by atoms with E-state index in [1.54, 1.807) is 0 Å². The number of nitrogens with zero attached hydrogens (tertiary/aromatic N) is 3. The number of aromatic nitrogens is 3. The van der Waals surface area contributed by atoms with E-state index in [0.29, 0.717) is 12.2 Å². The van der Waals surface area contributed by atoms with E-state index in [9.17, 15) is 0 Å². The van der Waals surface area contributed by atoms with E-state index in [1.807, 2.05) is 6.92 Å². The minimum Gasteiger partial charge on any atom is -0.368 e. The second kappa shape index (κ2) is 4.49. The summed E-state index contributed by atoms with van der Waals surface area (Å²) in [4.78, 5) is 12.4. The topological polar surface area (TPSA) is 64.7 Å². The summed E-state index contributed by atoms with van der Waals surface area (Å²) in [6.45, 7) is 6.00. The maximum Gasteiger partial charge on any atom is 0.223 e. The lowest BCUT2D eigenvalue weighted by Crippen LogP contribution is -2.05. The SMILES string of the molecule is Cc1cc(C)cc(Cc2nc(C)nc(N)n2)c1. The third-order valence-electron chi connectivity index (χ3n) is 2.45. The summed E-state index contributed by atoms with van der Waals surface area (Å²) in [7, 11) is 0. The van der Waals surface area contributed by atoms with Crippen molar-refractivity contribution < 1.29 is 0 Å². The Morgan fingerprint density at radius 2 is 1.59 bits per heavy atom. The van der Waals surface area contributed by atoms with Gasteiger partial charge in [0.05, 0.1) is 0 Å². The van der Waals surface area contributed by atoms with Gasteiger partial charge in [-0.3, -0.25) is 0 Å². The molecule has 4 nitrogen and oxygen atoms in total. The first-order valence-electron chi connectivity index (χ1n) is 5.57. The quantitative estimate of drug-likeness (QED) is 0.853. The maximum absolute atomic E-state index is 5.61. The van der Waals surface area contributed by atoms with Gasteiger partial charge >= 0.3 is 0 Å². The van der Waals surface area contributed by atoms with Gasteiger partial charge in [0, 0.05) is 6.42 Å². The summed E-state index contributed by atoms with van der Waals surface area (Å²) >= 11 is 0. The molecular formula is C13H16N4. The molecule has 0 bridgehead atoms. The highest BCUT2D eigenvalue weighted by atomic mass is 15.1. The van der Waals surface area contributed by atoms with Crippen LogP contribution in [-0.4, -0.2) is 15.0 Å². The van der Waals surface area contributed by atoms with Gasteiger partial charge < -0.3 is 5.73 Å². The lowest BCUT2D eigenvalue weighted by Gasteiger charge is -2.05. The first-order valence-corrected chi connectivity index (χ1v) is 5.57. The van der Waals surface area contributed by atoms with Gasteiger partial charge in [-0.05, 0) is 26.3 Å². The normalized spacial score (nSPS) is 10.5. The standard InChI is InChI=1S/C13H16N4/c1-8-4-9(2)6-11(5-8)7-12-15-10(3)16-13(14)17-12/h4-6H,7H2,1-3H3,(H2,14,15,16,17). The van der Waals surface area contributed by atoms with Crippen LogP contribution in [0.15, 0.2) is 18.2 Å². The average Bonchev–Trinajstić information content (AvgIpc) is 2.13. The zero-order valence-corrected chi connectivity index (χ0v) is 10.4. The lowest BCUT2D eigenvalue weighted by atomic mass is 10.0. The number of nitrogens with two attached hydrogens (primary N) is 1. The zero-order valence-electron chi connectivity index (χ0n) is 10.4. The van der Waals surface area contributed by atoms with Gasteiger partial charge in [0.1, 0.15) is 11.6 Å². The van der Waals surface area contributed by atoms with Gasteiger partial charge in [0.2, 0.25) is 5.95 Å². The molecule has 0 amide bonds. The highest BCUT2D eigenvalue weighted by Crippen LogP contribution is 2.12. The van der Waals surface area contributed by atoms with Crippen molar-refractivity contribution >= 4 is 5.95 Å². The van der Waals surface area contributed by atoms with Gasteiger partial charge in [-0.1, -0.05) is 29.3 Å². The van der Waals surface area contributed by atoms with Crippen LogP contribution >= 0.6 is 0 Å². The van der Waals surface area contributed by atoms with Gasteiger partial charge in [-0.15, -0.1) is 0 Å². The molecule has 1 aromatic carbocycles. The molecule has 1 aromatic heterocycles. The number of anilines is 1. The Hall–Kier alpha value is -1.97. The summed E-state index contributed by atoms with van der Waals surface area (Å²) in [6.07, 6.45) is 0.691. The Kier molecular flexibility index (Phi) is 3.04. The molecule has 2 N–H and O–H groups in total. The summed E-state index contributed by atoms with van der Waals surface area (Å²) < 4.78 is 0. The molecule has 17 heavy (non-hydrogen) atoms. The predicted octanol–water partition coefficient (Wildman–Crippen LogP) is 1.97. The van der Waals surface area contributed by atoms with Crippen molar-refractivity contribution in [3.63, 3.8) is 0 Å². The molecule has 0 unspecified atom stereocenters. The minimum atomic E-state index is 0.289. The number of benzene rings is 1. The maximum atomic E-state index is 5.61. The number of hydrogen-bond acceptors (Lipinski definition) is 4. The van der Waals surface area contributed by atoms with Crippen molar-refractivity contribution in [3.8, 4) is 0 Å². The van der Waals surface area contributed by atoms with E-state index >= 15 is 0 Å². The Bertz CT molecular complexity index is 459. The molecule has 0 spiro atoms. The molecule has 0 saturated carbocycles. The molecule has 4 heteroatoms. The Labute approximate surface area is 101 Å². The summed E-state index contributed by atoms with van der Waals surface area (Å²) in [5, 5.41) is 0. The molecule has 0 radical (unpaired) electrons. The predicted molar refractivity (Wildman–Crippen MR) is 67.7 cm³/mol. The van der Waals surface area contributed by atoms with Crippen molar-refractivity contribution in [3.05, 3.63) is 46.5 Å².